The normalized spacial score (nSPS) is 20.2. The highest BCUT2D eigenvalue weighted by Crippen LogP contribution is 2.40. The number of hydrogen-bond acceptors (Lipinski definition) is 5. The number of rotatable bonds is 4. The van der Waals surface area contributed by atoms with E-state index in [2.05, 4.69) is 0 Å². The van der Waals surface area contributed by atoms with Crippen molar-refractivity contribution in [3.05, 3.63) is 47.2 Å². The minimum Gasteiger partial charge on any atom is -0.444 e. The number of hydrogen-bond donors (Lipinski definition) is 0. The lowest BCUT2D eigenvalue weighted by Crippen LogP contribution is -2.39. The number of sulfonamides is 1. The van der Waals surface area contributed by atoms with Crippen LogP contribution < -0.4 is 0 Å². The van der Waals surface area contributed by atoms with Gasteiger partial charge in [-0.2, -0.15) is 0 Å². The molecular weight excluding hydrogens is 356 g/mol. The Hall–Kier alpha value is -2.35. The molecule has 7 nitrogen and oxygen atoms in total. The van der Waals surface area contributed by atoms with Gasteiger partial charge < -0.3 is 4.74 Å². The molecule has 0 radical (unpaired) electrons. The van der Waals surface area contributed by atoms with Crippen LogP contribution in [0.4, 0.5) is 4.79 Å². The average molecular weight is 378 g/mol. The molecule has 8 heteroatoms. The fraction of sp³-hybridized carbons (Fsp3) is 0.444. The van der Waals surface area contributed by atoms with E-state index in [1.807, 2.05) is 44.2 Å². The third-order valence-corrected chi connectivity index (χ3v) is 5.72. The maximum absolute atomic E-state index is 12.7. The molecule has 0 N–H and O–H groups in total. The summed E-state index contributed by atoms with van der Waals surface area (Å²) in [6, 6.07) is 8.66. The van der Waals surface area contributed by atoms with Gasteiger partial charge in [0.2, 0.25) is 10.0 Å². The predicted molar refractivity (Wildman–Crippen MR) is 95.3 cm³/mol. The van der Waals surface area contributed by atoms with E-state index in [0.29, 0.717) is 24.2 Å². The van der Waals surface area contributed by atoms with E-state index in [1.165, 1.54) is 4.90 Å². The first-order chi connectivity index (χ1) is 12.2. The van der Waals surface area contributed by atoms with Crippen molar-refractivity contribution in [2.45, 2.75) is 32.9 Å². The first-order valence-electron chi connectivity index (χ1n) is 8.47. The third-order valence-electron chi connectivity index (χ3n) is 4.58. The Balaban J connectivity index is 1.86. The van der Waals surface area contributed by atoms with Crippen molar-refractivity contribution in [1.29, 1.82) is 0 Å². The highest BCUT2D eigenvalue weighted by molar-refractivity contribution is 7.89. The largest absolute Gasteiger partial charge is 0.444 e. The molecule has 0 saturated carbocycles. The Morgan fingerprint density at radius 2 is 1.92 bits per heavy atom. The van der Waals surface area contributed by atoms with Crippen molar-refractivity contribution in [1.82, 2.24) is 9.21 Å². The van der Waals surface area contributed by atoms with Gasteiger partial charge in [-0.05, 0) is 17.9 Å². The smallest absolute Gasteiger partial charge is 0.414 e. The van der Waals surface area contributed by atoms with Gasteiger partial charge in [0, 0.05) is 12.1 Å². The van der Waals surface area contributed by atoms with Crippen molar-refractivity contribution < 1.29 is 22.7 Å². The zero-order valence-corrected chi connectivity index (χ0v) is 15.8. The molecule has 26 heavy (non-hydrogen) atoms. The van der Waals surface area contributed by atoms with E-state index in [0.717, 1.165) is 16.1 Å². The van der Waals surface area contributed by atoms with Crippen LogP contribution in [0.5, 0.6) is 0 Å². The van der Waals surface area contributed by atoms with Crippen LogP contribution in [0, 0.1) is 5.92 Å². The summed E-state index contributed by atoms with van der Waals surface area (Å²) in [5.74, 6) is -0.739. The van der Waals surface area contributed by atoms with E-state index < -0.39 is 28.1 Å². The Labute approximate surface area is 153 Å². The first kappa shape index (κ1) is 18.4. The fourth-order valence-corrected chi connectivity index (χ4v) is 4.59. The zero-order valence-electron chi connectivity index (χ0n) is 15.0. The molecule has 1 fully saturated rings. The number of likely N-dealkylation sites (tertiary alicyclic amines) is 1. The molecule has 1 atom stereocenters. The first-order valence-corrected chi connectivity index (χ1v) is 10.3. The van der Waals surface area contributed by atoms with Gasteiger partial charge in [-0.3, -0.25) is 9.69 Å². The molecule has 2 aliphatic heterocycles. The summed E-state index contributed by atoms with van der Waals surface area (Å²) in [6.07, 6.45) is 0.833. The molecule has 1 aromatic carbocycles. The number of fused-ring (bicyclic) bond motifs is 1. The number of nitrogens with zero attached hydrogens (tertiary/aromatic N) is 2. The molecule has 2 heterocycles. The van der Waals surface area contributed by atoms with Gasteiger partial charge in [-0.1, -0.05) is 44.2 Å². The molecule has 0 spiro atoms. The molecule has 2 amide bonds. The molecule has 0 bridgehead atoms. The van der Waals surface area contributed by atoms with Gasteiger partial charge >= 0.3 is 6.09 Å². The Bertz CT molecular complexity index is 861. The van der Waals surface area contributed by atoms with Crippen molar-refractivity contribution in [3.8, 4) is 0 Å². The summed E-state index contributed by atoms with van der Waals surface area (Å²) in [4.78, 5) is 26.7. The molecule has 3 rings (SSSR count). The molecule has 0 unspecified atom stereocenters. The monoisotopic (exact) mass is 378 g/mol. The van der Waals surface area contributed by atoms with Crippen LogP contribution >= 0.6 is 0 Å². The number of carbonyl (C=O) groups is 2. The lowest BCUT2D eigenvalue weighted by molar-refractivity contribution is -0.122. The highest BCUT2D eigenvalue weighted by atomic mass is 32.2. The third kappa shape index (κ3) is 3.21. The molecule has 1 aromatic rings. The molecule has 140 valence electrons. The topological polar surface area (TPSA) is 84.0 Å². The summed E-state index contributed by atoms with van der Waals surface area (Å²) in [5.41, 5.74) is 1.69. The molecule has 2 aliphatic rings. The number of ether oxygens (including phenoxy) is 1. The van der Waals surface area contributed by atoms with Gasteiger partial charge in [0.25, 0.3) is 5.91 Å². The maximum atomic E-state index is 12.7. The minimum atomic E-state index is -3.71. The van der Waals surface area contributed by atoms with Gasteiger partial charge in [0.1, 0.15) is 6.61 Å². The number of amides is 2. The van der Waals surface area contributed by atoms with Crippen molar-refractivity contribution in [2.24, 2.45) is 5.92 Å². The molecular formula is C18H22N2O5S. The maximum Gasteiger partial charge on any atom is 0.414 e. The highest BCUT2D eigenvalue weighted by Gasteiger charge is 2.51. The van der Waals surface area contributed by atoms with Crippen LogP contribution in [0.1, 0.15) is 25.8 Å². The summed E-state index contributed by atoms with van der Waals surface area (Å²) >= 11 is 0. The van der Waals surface area contributed by atoms with Gasteiger partial charge in [-0.25, -0.2) is 17.5 Å². The summed E-state index contributed by atoms with van der Waals surface area (Å²) in [5, 5.41) is 0. The lowest BCUT2D eigenvalue weighted by atomic mass is 10.0. The molecule has 1 saturated heterocycles. The second kappa shape index (κ2) is 6.75. The Morgan fingerprint density at radius 3 is 2.50 bits per heavy atom. The Kier molecular flexibility index (Phi) is 4.79. The summed E-state index contributed by atoms with van der Waals surface area (Å²) in [7, 11) is -3.71. The SMILES string of the molecule is CC(C)C1=C2[C@@H](CCN2C(=O)OCc2ccccc2)N(S(C)(=O)=O)C1=O. The Morgan fingerprint density at radius 1 is 1.27 bits per heavy atom. The second-order valence-corrected chi connectivity index (χ2v) is 8.67. The van der Waals surface area contributed by atoms with Crippen LogP contribution in [0.25, 0.3) is 0 Å². The lowest BCUT2D eigenvalue weighted by Gasteiger charge is -2.21. The van der Waals surface area contributed by atoms with E-state index in [1.54, 1.807) is 0 Å². The van der Waals surface area contributed by atoms with Crippen molar-refractivity contribution >= 4 is 22.0 Å². The fourth-order valence-electron chi connectivity index (χ4n) is 3.52. The van der Waals surface area contributed by atoms with E-state index >= 15 is 0 Å². The second-order valence-electron chi connectivity index (χ2n) is 6.81. The van der Waals surface area contributed by atoms with E-state index in [-0.39, 0.29) is 12.5 Å². The van der Waals surface area contributed by atoms with Gasteiger partial charge in [0.15, 0.2) is 0 Å². The van der Waals surface area contributed by atoms with Crippen LogP contribution in [0.2, 0.25) is 0 Å². The van der Waals surface area contributed by atoms with Crippen LogP contribution in [-0.4, -0.2) is 48.5 Å². The van der Waals surface area contributed by atoms with Gasteiger partial charge in [0.05, 0.1) is 18.0 Å². The van der Waals surface area contributed by atoms with Crippen LogP contribution in [0.3, 0.4) is 0 Å². The molecule has 0 aromatic heterocycles. The van der Waals surface area contributed by atoms with Gasteiger partial charge in [-0.15, -0.1) is 0 Å². The van der Waals surface area contributed by atoms with E-state index in [9.17, 15) is 18.0 Å². The summed E-state index contributed by atoms with van der Waals surface area (Å²) < 4.78 is 30.5. The van der Waals surface area contributed by atoms with Crippen molar-refractivity contribution in [3.63, 3.8) is 0 Å². The van der Waals surface area contributed by atoms with E-state index in [4.69, 9.17) is 4.74 Å². The number of benzene rings is 1. The predicted octanol–water partition coefficient (Wildman–Crippen LogP) is 2.11. The summed E-state index contributed by atoms with van der Waals surface area (Å²) in [6.45, 7) is 4.07. The quantitative estimate of drug-likeness (QED) is 0.801. The standard InChI is InChI=1S/C18H22N2O5S/c1-12(2)15-16-14(20(17(15)21)26(3,23)24)9-10-19(16)18(22)25-11-13-7-5-4-6-8-13/h4-8,12,14H,9-11H2,1-3H3/t14-/m1/s1. The van der Waals surface area contributed by atoms with Crippen LogP contribution in [-0.2, 0) is 26.2 Å². The number of carbonyl (C=O) groups excluding carboxylic acids is 2. The minimum absolute atomic E-state index is 0.120. The zero-order chi connectivity index (χ0) is 19.1. The van der Waals surface area contributed by atoms with Crippen molar-refractivity contribution in [2.75, 3.05) is 12.8 Å². The average Bonchev–Trinajstić information content (AvgIpc) is 3.08. The van der Waals surface area contributed by atoms with Crippen LogP contribution in [0.15, 0.2) is 41.6 Å². The molecule has 0 aliphatic carbocycles.